The molecule has 5 nitrogen and oxygen atoms in total. The Morgan fingerprint density at radius 3 is 2.58 bits per heavy atom. The maximum Gasteiger partial charge on any atom is 0.308 e. The number of amides is 1. The number of esters is 1. The zero-order valence-electron chi connectivity index (χ0n) is 13.9. The number of nitrogens with one attached hydrogen (secondary N) is 1. The largest absolute Gasteiger partial charge is 0.466 e. The van der Waals surface area contributed by atoms with Gasteiger partial charge in [-0.05, 0) is 43.2 Å². The van der Waals surface area contributed by atoms with Gasteiger partial charge in [0.2, 0.25) is 0 Å². The van der Waals surface area contributed by atoms with Gasteiger partial charge in [-0.3, -0.25) is 9.59 Å². The lowest BCUT2D eigenvalue weighted by atomic mass is 9.98. The van der Waals surface area contributed by atoms with E-state index in [9.17, 15) is 9.59 Å². The molecular weight excluding hydrogens is 304 g/mol. The summed E-state index contributed by atoms with van der Waals surface area (Å²) in [5.74, 6) is -0.626. The van der Waals surface area contributed by atoms with Crippen molar-refractivity contribution in [3.05, 3.63) is 65.2 Å². The average Bonchev–Trinajstić information content (AvgIpc) is 2.55. The van der Waals surface area contributed by atoms with Gasteiger partial charge in [-0.1, -0.05) is 30.3 Å². The van der Waals surface area contributed by atoms with Crippen LogP contribution in [0.5, 0.6) is 0 Å². The van der Waals surface area contributed by atoms with E-state index < -0.39 is 6.04 Å². The number of carbonyl (C=O) groups is 2. The third kappa shape index (κ3) is 4.59. The van der Waals surface area contributed by atoms with Gasteiger partial charge < -0.3 is 15.8 Å². The quantitative estimate of drug-likeness (QED) is 0.631. The van der Waals surface area contributed by atoms with Crippen LogP contribution in [0.1, 0.15) is 40.9 Å². The number of benzene rings is 2. The molecule has 3 N–H and O–H groups in total. The molecule has 1 amide bonds. The van der Waals surface area contributed by atoms with Gasteiger partial charge in [0, 0.05) is 11.3 Å². The van der Waals surface area contributed by atoms with E-state index in [4.69, 9.17) is 10.5 Å². The lowest BCUT2D eigenvalue weighted by molar-refractivity contribution is -0.143. The van der Waals surface area contributed by atoms with Crippen LogP contribution < -0.4 is 11.1 Å². The fourth-order valence-corrected chi connectivity index (χ4v) is 2.52. The molecule has 1 atom stereocenters. The van der Waals surface area contributed by atoms with Crippen molar-refractivity contribution in [1.82, 2.24) is 5.32 Å². The number of anilines is 1. The van der Waals surface area contributed by atoms with Gasteiger partial charge >= 0.3 is 5.97 Å². The molecule has 0 radical (unpaired) electrons. The molecule has 2 rings (SSSR count). The van der Waals surface area contributed by atoms with E-state index in [2.05, 4.69) is 5.32 Å². The molecule has 0 bridgehead atoms. The van der Waals surface area contributed by atoms with Crippen molar-refractivity contribution in [3.8, 4) is 0 Å². The predicted octanol–water partition coefficient (Wildman–Crippen LogP) is 3.00. The molecule has 0 heterocycles. The Balaban J connectivity index is 2.24. The Labute approximate surface area is 141 Å². The molecule has 24 heavy (non-hydrogen) atoms. The fraction of sp³-hybridized carbons (Fsp3) is 0.263. The maximum absolute atomic E-state index is 12.5. The number of hydrogen-bond acceptors (Lipinski definition) is 4. The molecule has 0 fully saturated rings. The topological polar surface area (TPSA) is 81.4 Å². The molecule has 1 unspecified atom stereocenters. The van der Waals surface area contributed by atoms with Gasteiger partial charge in [-0.15, -0.1) is 0 Å². The molecule has 0 saturated heterocycles. The molecule has 0 spiro atoms. The van der Waals surface area contributed by atoms with E-state index in [1.165, 1.54) is 0 Å². The van der Waals surface area contributed by atoms with Crippen molar-refractivity contribution < 1.29 is 14.3 Å². The first-order chi connectivity index (χ1) is 11.5. The lowest BCUT2D eigenvalue weighted by Gasteiger charge is -2.20. The first-order valence-electron chi connectivity index (χ1n) is 7.88. The van der Waals surface area contributed by atoms with Crippen molar-refractivity contribution in [2.45, 2.75) is 26.3 Å². The Morgan fingerprint density at radius 1 is 1.17 bits per heavy atom. The smallest absolute Gasteiger partial charge is 0.308 e. The molecule has 0 aliphatic heterocycles. The summed E-state index contributed by atoms with van der Waals surface area (Å²) in [6.07, 6.45) is 0.0761. The number of carbonyl (C=O) groups excluding carboxylic acids is 2. The summed E-state index contributed by atoms with van der Waals surface area (Å²) in [5, 5.41) is 2.91. The zero-order valence-corrected chi connectivity index (χ0v) is 13.9. The molecule has 126 valence electrons. The number of ether oxygens (including phenoxy) is 1. The molecule has 2 aromatic rings. The highest BCUT2D eigenvalue weighted by atomic mass is 16.5. The molecule has 5 heteroatoms. The molecule has 0 aliphatic carbocycles. The number of hydrogen-bond donors (Lipinski definition) is 2. The Morgan fingerprint density at radius 2 is 1.92 bits per heavy atom. The Hall–Kier alpha value is -2.82. The van der Waals surface area contributed by atoms with E-state index in [1.807, 2.05) is 31.2 Å². The van der Waals surface area contributed by atoms with E-state index in [0.29, 0.717) is 17.9 Å². The molecular formula is C19H22N2O3. The second-order valence-electron chi connectivity index (χ2n) is 5.52. The number of nitrogen functional groups attached to an aromatic ring is 1. The lowest BCUT2D eigenvalue weighted by Crippen LogP contribution is -2.31. The van der Waals surface area contributed by atoms with Gasteiger partial charge in [-0.25, -0.2) is 0 Å². The predicted molar refractivity (Wildman–Crippen MR) is 93.5 cm³/mol. The molecule has 0 aromatic heterocycles. The van der Waals surface area contributed by atoms with Gasteiger partial charge in [0.1, 0.15) is 0 Å². The van der Waals surface area contributed by atoms with E-state index in [-0.39, 0.29) is 18.3 Å². The van der Waals surface area contributed by atoms with Gasteiger partial charge in [0.25, 0.3) is 5.91 Å². The van der Waals surface area contributed by atoms with Crippen LogP contribution in [-0.2, 0) is 9.53 Å². The highest BCUT2D eigenvalue weighted by molar-refractivity contribution is 5.95. The molecule has 2 aromatic carbocycles. The first kappa shape index (κ1) is 17.5. The van der Waals surface area contributed by atoms with E-state index in [0.717, 1.165) is 11.1 Å². The van der Waals surface area contributed by atoms with Crippen LogP contribution in [0.25, 0.3) is 0 Å². The molecule has 0 aliphatic rings. The van der Waals surface area contributed by atoms with Crippen molar-refractivity contribution in [3.63, 3.8) is 0 Å². The summed E-state index contributed by atoms with van der Waals surface area (Å²) in [4.78, 5) is 24.4. The van der Waals surface area contributed by atoms with Crippen LogP contribution in [0, 0.1) is 6.92 Å². The van der Waals surface area contributed by atoms with Crippen LogP contribution >= 0.6 is 0 Å². The maximum atomic E-state index is 12.5. The highest BCUT2D eigenvalue weighted by Crippen LogP contribution is 2.22. The highest BCUT2D eigenvalue weighted by Gasteiger charge is 2.21. The standard InChI is InChI=1S/C19H22N2O3/c1-3-24-18(22)12-17(16-10-5-4-7-13(16)2)21-19(23)14-8-6-9-15(20)11-14/h4-11,17H,3,12,20H2,1-2H3,(H,21,23). The average molecular weight is 326 g/mol. The van der Waals surface area contributed by atoms with Gasteiger partial charge in [-0.2, -0.15) is 0 Å². The fourth-order valence-electron chi connectivity index (χ4n) is 2.52. The Bertz CT molecular complexity index is 728. The summed E-state index contributed by atoms with van der Waals surface area (Å²) >= 11 is 0. The zero-order chi connectivity index (χ0) is 17.5. The minimum Gasteiger partial charge on any atom is -0.466 e. The molecule has 0 saturated carbocycles. The first-order valence-corrected chi connectivity index (χ1v) is 7.88. The summed E-state index contributed by atoms with van der Waals surface area (Å²) in [6.45, 7) is 4.01. The third-order valence-corrected chi connectivity index (χ3v) is 3.69. The van der Waals surface area contributed by atoms with Crippen LogP contribution in [0.2, 0.25) is 0 Å². The normalized spacial score (nSPS) is 11.6. The monoisotopic (exact) mass is 326 g/mol. The van der Waals surface area contributed by atoms with Crippen LogP contribution in [0.4, 0.5) is 5.69 Å². The second-order valence-corrected chi connectivity index (χ2v) is 5.52. The number of rotatable bonds is 6. The number of aryl methyl sites for hydroxylation is 1. The minimum absolute atomic E-state index is 0.0761. The Kier molecular flexibility index (Phi) is 5.95. The third-order valence-electron chi connectivity index (χ3n) is 3.69. The van der Waals surface area contributed by atoms with Crippen molar-refractivity contribution >= 4 is 17.6 Å². The van der Waals surface area contributed by atoms with Crippen molar-refractivity contribution in [2.75, 3.05) is 12.3 Å². The van der Waals surface area contributed by atoms with Crippen LogP contribution in [0.15, 0.2) is 48.5 Å². The SMILES string of the molecule is CCOC(=O)CC(NC(=O)c1cccc(N)c1)c1ccccc1C. The minimum atomic E-state index is -0.459. The van der Waals surface area contributed by atoms with Crippen molar-refractivity contribution in [1.29, 1.82) is 0 Å². The van der Waals surface area contributed by atoms with Gasteiger partial charge in [0.05, 0.1) is 19.1 Å². The second kappa shape index (κ2) is 8.15. The van der Waals surface area contributed by atoms with Crippen LogP contribution in [0.3, 0.4) is 0 Å². The van der Waals surface area contributed by atoms with E-state index >= 15 is 0 Å². The summed E-state index contributed by atoms with van der Waals surface area (Å²) in [6, 6.07) is 13.9. The summed E-state index contributed by atoms with van der Waals surface area (Å²) < 4.78 is 5.03. The van der Waals surface area contributed by atoms with Gasteiger partial charge in [0.15, 0.2) is 0 Å². The van der Waals surface area contributed by atoms with Crippen molar-refractivity contribution in [2.24, 2.45) is 0 Å². The van der Waals surface area contributed by atoms with Crippen LogP contribution in [-0.4, -0.2) is 18.5 Å². The summed E-state index contributed by atoms with van der Waals surface area (Å²) in [7, 11) is 0. The number of nitrogens with two attached hydrogens (primary N) is 1. The summed E-state index contributed by atoms with van der Waals surface area (Å²) in [5.41, 5.74) is 8.59. The van der Waals surface area contributed by atoms with E-state index in [1.54, 1.807) is 31.2 Å².